The second-order valence-electron chi connectivity index (χ2n) is 4.84. The van der Waals surface area contributed by atoms with Crippen LogP contribution in [0.1, 0.15) is 38.3 Å². The van der Waals surface area contributed by atoms with Crippen LogP contribution in [-0.2, 0) is 6.54 Å². The van der Waals surface area contributed by atoms with Gasteiger partial charge in [-0.1, -0.05) is 17.3 Å². The molecule has 0 amide bonds. The molecule has 5 heteroatoms. The molecular formula is C11H19N3OS. The summed E-state index contributed by atoms with van der Waals surface area (Å²) in [4.78, 5) is 0. The van der Waals surface area contributed by atoms with Gasteiger partial charge in [-0.3, -0.25) is 0 Å². The fraction of sp³-hybridized carbons (Fsp3) is 0.818. The van der Waals surface area contributed by atoms with Gasteiger partial charge in [0.15, 0.2) is 0 Å². The van der Waals surface area contributed by atoms with E-state index in [1.165, 1.54) is 24.4 Å². The van der Waals surface area contributed by atoms with E-state index in [-0.39, 0.29) is 0 Å². The highest BCUT2D eigenvalue weighted by Gasteiger charge is 2.33. The molecule has 0 spiro atoms. The van der Waals surface area contributed by atoms with Gasteiger partial charge in [0, 0.05) is 18.5 Å². The van der Waals surface area contributed by atoms with Gasteiger partial charge in [0.05, 0.1) is 11.3 Å². The van der Waals surface area contributed by atoms with Crippen LogP contribution in [0.5, 0.6) is 0 Å². The number of aromatic nitrogens is 2. The molecule has 0 aromatic carbocycles. The van der Waals surface area contributed by atoms with Crippen molar-refractivity contribution in [3.8, 4) is 0 Å². The molecule has 1 aromatic rings. The second kappa shape index (κ2) is 5.21. The summed E-state index contributed by atoms with van der Waals surface area (Å²) < 4.78 is 3.80. The van der Waals surface area contributed by atoms with Crippen LogP contribution in [0.4, 0.5) is 0 Å². The third-order valence-corrected chi connectivity index (χ3v) is 3.98. The molecule has 1 unspecified atom stereocenters. The zero-order valence-electron chi connectivity index (χ0n) is 9.65. The number of nitrogens with one attached hydrogen (secondary N) is 1. The Kier molecular flexibility index (Phi) is 3.89. The summed E-state index contributed by atoms with van der Waals surface area (Å²) in [6.45, 7) is 3.27. The number of rotatable bonds is 5. The van der Waals surface area contributed by atoms with Crippen molar-refractivity contribution in [1.29, 1.82) is 0 Å². The molecule has 0 aliphatic heterocycles. The Bertz CT molecular complexity index is 307. The summed E-state index contributed by atoms with van der Waals surface area (Å²) in [5.74, 6) is 0.452. The van der Waals surface area contributed by atoms with Crippen LogP contribution >= 0.6 is 11.5 Å². The van der Waals surface area contributed by atoms with Crippen molar-refractivity contribution < 1.29 is 5.11 Å². The fourth-order valence-electron chi connectivity index (χ4n) is 2.40. The van der Waals surface area contributed by atoms with Crippen LogP contribution in [-0.4, -0.2) is 26.8 Å². The Morgan fingerprint density at radius 1 is 1.56 bits per heavy atom. The lowest BCUT2D eigenvalue weighted by molar-refractivity contribution is 0.00211. The van der Waals surface area contributed by atoms with Gasteiger partial charge in [0.2, 0.25) is 0 Å². The van der Waals surface area contributed by atoms with E-state index in [9.17, 15) is 5.11 Å². The number of hydrogen-bond donors (Lipinski definition) is 2. The van der Waals surface area contributed by atoms with Gasteiger partial charge in [-0.2, -0.15) is 0 Å². The average molecular weight is 241 g/mol. The van der Waals surface area contributed by atoms with E-state index in [1.807, 2.05) is 12.3 Å². The third kappa shape index (κ3) is 2.99. The van der Waals surface area contributed by atoms with Crippen molar-refractivity contribution in [3.63, 3.8) is 0 Å². The van der Waals surface area contributed by atoms with E-state index in [4.69, 9.17) is 0 Å². The molecule has 1 heterocycles. The predicted octanol–water partition coefficient (Wildman–Crippen LogP) is 1.57. The molecule has 0 bridgehead atoms. The molecular weight excluding hydrogens is 222 g/mol. The van der Waals surface area contributed by atoms with E-state index >= 15 is 0 Å². The first kappa shape index (κ1) is 12.0. The van der Waals surface area contributed by atoms with Gasteiger partial charge in [0.1, 0.15) is 0 Å². The molecule has 2 N–H and O–H groups in total. The molecule has 0 saturated heterocycles. The SMILES string of the molecule is CC(O)(CNCc1csnn1)C1CCCC1. The molecule has 1 saturated carbocycles. The summed E-state index contributed by atoms with van der Waals surface area (Å²) >= 11 is 1.36. The van der Waals surface area contributed by atoms with Crippen molar-refractivity contribution in [1.82, 2.24) is 14.9 Å². The molecule has 90 valence electrons. The lowest BCUT2D eigenvalue weighted by Gasteiger charge is -2.30. The highest BCUT2D eigenvalue weighted by molar-refractivity contribution is 7.03. The average Bonchev–Trinajstić information content (AvgIpc) is 2.90. The number of nitrogens with zero attached hydrogens (tertiary/aromatic N) is 2. The maximum atomic E-state index is 10.3. The van der Waals surface area contributed by atoms with Gasteiger partial charge in [-0.15, -0.1) is 5.10 Å². The minimum absolute atomic E-state index is 0.452. The molecule has 1 atom stereocenters. The van der Waals surface area contributed by atoms with Gasteiger partial charge < -0.3 is 10.4 Å². The number of aliphatic hydroxyl groups is 1. The van der Waals surface area contributed by atoms with E-state index < -0.39 is 5.60 Å². The summed E-state index contributed by atoms with van der Waals surface area (Å²) in [5, 5.41) is 19.5. The fourth-order valence-corrected chi connectivity index (χ4v) is 2.85. The number of hydrogen-bond acceptors (Lipinski definition) is 5. The first-order chi connectivity index (χ1) is 7.68. The molecule has 1 fully saturated rings. The molecule has 1 aromatic heterocycles. The van der Waals surface area contributed by atoms with Crippen molar-refractivity contribution in [3.05, 3.63) is 11.1 Å². The third-order valence-electron chi connectivity index (χ3n) is 3.43. The molecule has 1 aliphatic rings. The van der Waals surface area contributed by atoms with Crippen molar-refractivity contribution >= 4 is 11.5 Å². The van der Waals surface area contributed by atoms with E-state index in [1.54, 1.807) is 0 Å². The quantitative estimate of drug-likeness (QED) is 0.821. The minimum Gasteiger partial charge on any atom is -0.389 e. The van der Waals surface area contributed by atoms with Crippen LogP contribution < -0.4 is 5.32 Å². The maximum absolute atomic E-state index is 10.3. The Morgan fingerprint density at radius 2 is 2.31 bits per heavy atom. The van der Waals surface area contributed by atoms with Gasteiger partial charge in [-0.25, -0.2) is 0 Å². The van der Waals surface area contributed by atoms with Crippen LogP contribution in [0.25, 0.3) is 0 Å². The largest absolute Gasteiger partial charge is 0.389 e. The normalized spacial score (nSPS) is 21.1. The van der Waals surface area contributed by atoms with Gasteiger partial charge >= 0.3 is 0 Å². The standard InChI is InChI=1S/C11H19N3OS/c1-11(15,9-4-2-3-5-9)8-12-6-10-7-16-14-13-10/h7,9,12,15H,2-6,8H2,1H3. The summed E-state index contributed by atoms with van der Waals surface area (Å²) in [7, 11) is 0. The Balaban J connectivity index is 1.75. The van der Waals surface area contributed by atoms with Crippen LogP contribution in [0.2, 0.25) is 0 Å². The van der Waals surface area contributed by atoms with Crippen molar-refractivity contribution in [2.75, 3.05) is 6.54 Å². The van der Waals surface area contributed by atoms with Crippen LogP contribution in [0.15, 0.2) is 5.38 Å². The molecule has 16 heavy (non-hydrogen) atoms. The lowest BCUT2D eigenvalue weighted by Crippen LogP contribution is -2.43. The predicted molar refractivity (Wildman–Crippen MR) is 64.2 cm³/mol. The molecule has 2 rings (SSSR count). The Labute approximate surface area is 100 Å². The maximum Gasteiger partial charge on any atom is 0.0893 e. The first-order valence-electron chi connectivity index (χ1n) is 5.87. The highest BCUT2D eigenvalue weighted by atomic mass is 32.1. The molecule has 1 aliphatic carbocycles. The van der Waals surface area contributed by atoms with Crippen LogP contribution in [0.3, 0.4) is 0 Å². The van der Waals surface area contributed by atoms with E-state index in [2.05, 4.69) is 14.9 Å². The van der Waals surface area contributed by atoms with E-state index in [0.29, 0.717) is 19.0 Å². The zero-order chi connectivity index (χ0) is 11.4. The van der Waals surface area contributed by atoms with Crippen molar-refractivity contribution in [2.45, 2.75) is 44.8 Å². The molecule has 0 radical (unpaired) electrons. The van der Waals surface area contributed by atoms with Gasteiger partial charge in [-0.05, 0) is 37.2 Å². The monoisotopic (exact) mass is 241 g/mol. The van der Waals surface area contributed by atoms with Gasteiger partial charge in [0.25, 0.3) is 0 Å². The first-order valence-corrected chi connectivity index (χ1v) is 6.71. The van der Waals surface area contributed by atoms with E-state index in [0.717, 1.165) is 18.5 Å². The van der Waals surface area contributed by atoms with Crippen molar-refractivity contribution in [2.24, 2.45) is 5.92 Å². The minimum atomic E-state index is -0.583. The lowest BCUT2D eigenvalue weighted by atomic mass is 9.88. The Hall–Kier alpha value is -0.520. The smallest absolute Gasteiger partial charge is 0.0893 e. The second-order valence-corrected chi connectivity index (χ2v) is 5.45. The zero-order valence-corrected chi connectivity index (χ0v) is 10.5. The summed E-state index contributed by atoms with van der Waals surface area (Å²) in [5.41, 5.74) is 0.368. The summed E-state index contributed by atoms with van der Waals surface area (Å²) in [6, 6.07) is 0. The highest BCUT2D eigenvalue weighted by Crippen LogP contribution is 2.33. The molecule has 4 nitrogen and oxygen atoms in total. The topological polar surface area (TPSA) is 58.0 Å². The summed E-state index contributed by atoms with van der Waals surface area (Å²) in [6.07, 6.45) is 4.84. The Morgan fingerprint density at radius 3 is 2.94 bits per heavy atom. The van der Waals surface area contributed by atoms with Crippen LogP contribution in [0, 0.1) is 5.92 Å².